The van der Waals surface area contributed by atoms with Gasteiger partial charge in [-0.1, -0.05) is 46.3 Å². The van der Waals surface area contributed by atoms with Crippen molar-refractivity contribution in [2.75, 3.05) is 13.9 Å². The highest BCUT2D eigenvalue weighted by Crippen LogP contribution is 2.37. The lowest BCUT2D eigenvalue weighted by atomic mass is 10.1. The second-order valence-corrected chi connectivity index (χ2v) is 6.32. The second-order valence-electron chi connectivity index (χ2n) is 5.46. The summed E-state index contributed by atoms with van der Waals surface area (Å²) in [5.41, 5.74) is 1.35. The molecule has 7 nitrogen and oxygen atoms in total. The SMILES string of the molecule is COC(=O)/C(=C/c1cc2c(cc1Br)OCO2)NC(=O)OCc1ccccc1. The number of hydrogen-bond donors (Lipinski definition) is 1. The molecular weight excluding hydrogens is 418 g/mol. The van der Waals surface area contributed by atoms with Crippen LogP contribution in [0.25, 0.3) is 6.08 Å². The minimum Gasteiger partial charge on any atom is -0.464 e. The number of carbonyl (C=O) groups excluding carboxylic acids is 2. The van der Waals surface area contributed by atoms with Crippen LogP contribution in [-0.4, -0.2) is 26.0 Å². The third-order valence-electron chi connectivity index (χ3n) is 3.65. The summed E-state index contributed by atoms with van der Waals surface area (Å²) in [4.78, 5) is 24.1. The Balaban J connectivity index is 1.75. The highest BCUT2D eigenvalue weighted by Gasteiger charge is 2.19. The topological polar surface area (TPSA) is 83.1 Å². The minimum absolute atomic E-state index is 0.0740. The van der Waals surface area contributed by atoms with Crippen molar-refractivity contribution >= 4 is 34.1 Å². The summed E-state index contributed by atoms with van der Waals surface area (Å²) in [5.74, 6) is 0.422. The molecule has 0 fully saturated rings. The molecule has 0 unspecified atom stereocenters. The van der Waals surface area contributed by atoms with E-state index in [1.165, 1.54) is 13.2 Å². The molecule has 27 heavy (non-hydrogen) atoms. The van der Waals surface area contributed by atoms with Crippen LogP contribution in [0.3, 0.4) is 0 Å². The average Bonchev–Trinajstić information content (AvgIpc) is 3.13. The lowest BCUT2D eigenvalue weighted by Gasteiger charge is -2.10. The first kappa shape index (κ1) is 18.8. The first-order valence-corrected chi connectivity index (χ1v) is 8.73. The van der Waals surface area contributed by atoms with Gasteiger partial charge in [0.2, 0.25) is 6.79 Å². The van der Waals surface area contributed by atoms with E-state index in [0.717, 1.165) is 5.56 Å². The molecule has 0 radical (unpaired) electrons. The van der Waals surface area contributed by atoms with Crippen molar-refractivity contribution in [3.8, 4) is 11.5 Å². The molecule has 2 aromatic carbocycles. The number of ether oxygens (including phenoxy) is 4. The number of rotatable bonds is 5. The number of alkyl carbamates (subject to hydrolysis) is 1. The zero-order chi connectivity index (χ0) is 19.2. The molecule has 0 bridgehead atoms. The summed E-state index contributed by atoms with van der Waals surface area (Å²) in [6.07, 6.45) is 0.689. The van der Waals surface area contributed by atoms with Gasteiger partial charge < -0.3 is 18.9 Å². The van der Waals surface area contributed by atoms with Gasteiger partial charge in [0.15, 0.2) is 11.5 Å². The Morgan fingerprint density at radius 1 is 1.19 bits per heavy atom. The van der Waals surface area contributed by atoms with E-state index in [-0.39, 0.29) is 19.1 Å². The molecule has 0 spiro atoms. The lowest BCUT2D eigenvalue weighted by Crippen LogP contribution is -2.28. The zero-order valence-corrected chi connectivity index (χ0v) is 15.9. The fourth-order valence-electron chi connectivity index (χ4n) is 2.32. The van der Waals surface area contributed by atoms with Crippen molar-refractivity contribution in [1.29, 1.82) is 0 Å². The predicted molar refractivity (Wildman–Crippen MR) is 100 cm³/mol. The van der Waals surface area contributed by atoms with E-state index >= 15 is 0 Å². The van der Waals surface area contributed by atoms with Crippen molar-refractivity contribution in [2.45, 2.75) is 6.61 Å². The number of nitrogens with one attached hydrogen (secondary N) is 1. The molecule has 0 atom stereocenters. The summed E-state index contributed by atoms with van der Waals surface area (Å²) in [7, 11) is 1.22. The first-order chi connectivity index (χ1) is 13.1. The second kappa shape index (κ2) is 8.59. The van der Waals surface area contributed by atoms with Gasteiger partial charge in [-0.15, -0.1) is 0 Å². The van der Waals surface area contributed by atoms with E-state index in [1.54, 1.807) is 12.1 Å². The molecule has 0 aromatic heterocycles. The minimum atomic E-state index is -0.771. The quantitative estimate of drug-likeness (QED) is 0.572. The summed E-state index contributed by atoms with van der Waals surface area (Å²) in [5, 5.41) is 2.41. The Bertz CT molecular complexity index is 881. The molecule has 1 N–H and O–H groups in total. The van der Waals surface area contributed by atoms with Crippen LogP contribution in [0, 0.1) is 0 Å². The fourth-order valence-corrected chi connectivity index (χ4v) is 2.76. The molecule has 1 amide bonds. The van der Waals surface area contributed by atoms with Gasteiger partial charge in [-0.2, -0.15) is 0 Å². The van der Waals surface area contributed by atoms with Gasteiger partial charge in [0, 0.05) is 4.47 Å². The van der Waals surface area contributed by atoms with Gasteiger partial charge in [-0.3, -0.25) is 5.32 Å². The van der Waals surface area contributed by atoms with E-state index < -0.39 is 12.1 Å². The number of esters is 1. The number of benzene rings is 2. The van der Waals surface area contributed by atoms with Crippen LogP contribution in [0.5, 0.6) is 11.5 Å². The van der Waals surface area contributed by atoms with Crippen LogP contribution in [0.1, 0.15) is 11.1 Å². The molecule has 0 aliphatic carbocycles. The van der Waals surface area contributed by atoms with Crippen LogP contribution in [-0.2, 0) is 20.9 Å². The largest absolute Gasteiger partial charge is 0.464 e. The maximum absolute atomic E-state index is 12.1. The van der Waals surface area contributed by atoms with Gasteiger partial charge in [-0.05, 0) is 29.3 Å². The molecule has 8 heteroatoms. The Morgan fingerprint density at radius 2 is 1.89 bits per heavy atom. The fraction of sp³-hybridized carbons (Fsp3) is 0.158. The van der Waals surface area contributed by atoms with Crippen molar-refractivity contribution in [1.82, 2.24) is 5.32 Å². The Hall–Kier alpha value is -3.00. The standard InChI is InChI=1S/C19H16BrNO6/c1-24-18(22)15(21-19(23)25-10-12-5-3-2-4-6-12)7-13-8-16-17(9-14(13)20)27-11-26-16/h2-9H,10-11H2,1H3,(H,21,23)/b15-7-. The molecule has 0 saturated heterocycles. The first-order valence-electron chi connectivity index (χ1n) is 7.93. The molecule has 3 rings (SSSR count). The van der Waals surface area contributed by atoms with Crippen molar-refractivity contribution in [2.24, 2.45) is 0 Å². The molecule has 1 aliphatic heterocycles. The van der Waals surface area contributed by atoms with E-state index in [4.69, 9.17) is 18.9 Å². The van der Waals surface area contributed by atoms with Crippen LogP contribution in [0.4, 0.5) is 4.79 Å². The molecule has 1 heterocycles. The summed E-state index contributed by atoms with van der Waals surface area (Å²) in [6, 6.07) is 12.6. The van der Waals surface area contributed by atoms with Crippen LogP contribution >= 0.6 is 15.9 Å². The van der Waals surface area contributed by atoms with Gasteiger partial charge in [-0.25, -0.2) is 9.59 Å². The van der Waals surface area contributed by atoms with E-state index in [2.05, 4.69) is 21.2 Å². The van der Waals surface area contributed by atoms with Crippen LogP contribution in [0.2, 0.25) is 0 Å². The van der Waals surface area contributed by atoms with Gasteiger partial charge in [0.1, 0.15) is 12.3 Å². The van der Waals surface area contributed by atoms with Crippen molar-refractivity contribution < 1.29 is 28.5 Å². The van der Waals surface area contributed by atoms with E-state index in [9.17, 15) is 9.59 Å². The number of hydrogen-bond acceptors (Lipinski definition) is 6. The summed E-state index contributed by atoms with van der Waals surface area (Å²) in [6.45, 7) is 0.206. The number of methoxy groups -OCH3 is 1. The van der Waals surface area contributed by atoms with Gasteiger partial charge >= 0.3 is 12.1 Å². The number of fused-ring (bicyclic) bond motifs is 1. The van der Waals surface area contributed by atoms with Crippen molar-refractivity contribution in [3.63, 3.8) is 0 Å². The highest BCUT2D eigenvalue weighted by molar-refractivity contribution is 9.10. The third-order valence-corrected chi connectivity index (χ3v) is 4.33. The molecule has 1 aliphatic rings. The normalized spacial score (nSPS) is 12.4. The highest BCUT2D eigenvalue weighted by atomic mass is 79.9. The zero-order valence-electron chi connectivity index (χ0n) is 14.4. The average molecular weight is 434 g/mol. The van der Waals surface area contributed by atoms with E-state index in [0.29, 0.717) is 21.5 Å². The smallest absolute Gasteiger partial charge is 0.412 e. The van der Waals surface area contributed by atoms with Crippen molar-refractivity contribution in [3.05, 3.63) is 63.8 Å². The molecule has 0 saturated carbocycles. The van der Waals surface area contributed by atoms with Gasteiger partial charge in [0.05, 0.1) is 7.11 Å². The molecule has 2 aromatic rings. The summed E-state index contributed by atoms with van der Waals surface area (Å²) < 4.78 is 21.2. The number of halogens is 1. The lowest BCUT2D eigenvalue weighted by molar-refractivity contribution is -0.136. The predicted octanol–water partition coefficient (Wildman–Crippen LogP) is 3.62. The van der Waals surface area contributed by atoms with Crippen LogP contribution in [0.15, 0.2) is 52.6 Å². The number of amides is 1. The maximum Gasteiger partial charge on any atom is 0.412 e. The van der Waals surface area contributed by atoms with Crippen LogP contribution < -0.4 is 14.8 Å². The molecular formula is C19H16BrNO6. The monoisotopic (exact) mass is 433 g/mol. The Morgan fingerprint density at radius 3 is 2.59 bits per heavy atom. The maximum atomic E-state index is 12.1. The number of carbonyl (C=O) groups is 2. The van der Waals surface area contributed by atoms with Gasteiger partial charge in [0.25, 0.3) is 0 Å². The third kappa shape index (κ3) is 4.79. The Labute approximate surface area is 164 Å². The van der Waals surface area contributed by atoms with E-state index in [1.807, 2.05) is 30.3 Å². The summed E-state index contributed by atoms with van der Waals surface area (Å²) >= 11 is 3.40. The molecule has 140 valence electrons. The Kier molecular flexibility index (Phi) is 5.97.